The average Bonchev–Trinajstić information content (AvgIpc) is 3.24. The van der Waals surface area contributed by atoms with Gasteiger partial charge in [0.1, 0.15) is 0 Å². The van der Waals surface area contributed by atoms with Crippen LogP contribution in [0, 0.1) is 6.92 Å². The van der Waals surface area contributed by atoms with Gasteiger partial charge in [-0.15, -0.1) is 11.8 Å². The summed E-state index contributed by atoms with van der Waals surface area (Å²) >= 11 is 3.09. The van der Waals surface area contributed by atoms with E-state index in [1.54, 1.807) is 34.9 Å². The number of amides is 1. The summed E-state index contributed by atoms with van der Waals surface area (Å²) in [5, 5.41) is 0.584. The van der Waals surface area contributed by atoms with Gasteiger partial charge < -0.3 is 0 Å². The average molecular weight is 511 g/mol. The lowest BCUT2D eigenvalue weighted by atomic mass is 10.2. The molecule has 0 unspecified atom stereocenters. The van der Waals surface area contributed by atoms with Gasteiger partial charge in [-0.1, -0.05) is 59.4 Å². The van der Waals surface area contributed by atoms with Crippen molar-refractivity contribution >= 4 is 54.2 Å². The van der Waals surface area contributed by atoms with Gasteiger partial charge in [-0.05, 0) is 55.0 Å². The van der Waals surface area contributed by atoms with Crippen molar-refractivity contribution in [2.24, 2.45) is 0 Å². The first kappa shape index (κ1) is 24.4. The first-order valence-corrected chi connectivity index (χ1v) is 14.6. The topological polar surface area (TPSA) is 67.3 Å². The van der Waals surface area contributed by atoms with Crippen molar-refractivity contribution in [3.63, 3.8) is 0 Å². The predicted molar refractivity (Wildman–Crippen MR) is 141 cm³/mol. The third-order valence-electron chi connectivity index (χ3n) is 5.32. The summed E-state index contributed by atoms with van der Waals surface area (Å²) in [5.41, 5.74) is 2.93. The molecule has 176 valence electrons. The highest BCUT2D eigenvalue weighted by atomic mass is 32.2. The second-order valence-electron chi connectivity index (χ2n) is 8.13. The normalized spacial score (nSPS) is 11.6. The van der Waals surface area contributed by atoms with Crippen molar-refractivity contribution in [1.29, 1.82) is 0 Å². The number of fused-ring (bicyclic) bond motifs is 1. The molecule has 1 heterocycles. The van der Waals surface area contributed by atoms with E-state index in [1.807, 2.05) is 30.3 Å². The maximum atomic E-state index is 13.3. The zero-order valence-electron chi connectivity index (χ0n) is 19.1. The van der Waals surface area contributed by atoms with Crippen LogP contribution in [0.5, 0.6) is 0 Å². The summed E-state index contributed by atoms with van der Waals surface area (Å²) in [7, 11) is -3.31. The van der Waals surface area contributed by atoms with Gasteiger partial charge in [0.15, 0.2) is 15.0 Å². The number of carbonyl (C=O) groups excluding carboxylic acids is 1. The van der Waals surface area contributed by atoms with Gasteiger partial charge in [-0.3, -0.25) is 9.69 Å². The Balaban J connectivity index is 1.51. The van der Waals surface area contributed by atoms with Crippen molar-refractivity contribution in [3.8, 4) is 0 Å². The van der Waals surface area contributed by atoms with Crippen LogP contribution >= 0.6 is 23.1 Å². The molecule has 1 aromatic heterocycles. The van der Waals surface area contributed by atoms with Gasteiger partial charge in [-0.25, -0.2) is 13.4 Å². The van der Waals surface area contributed by atoms with Gasteiger partial charge in [-0.2, -0.15) is 0 Å². The van der Waals surface area contributed by atoms with Crippen LogP contribution in [0.3, 0.4) is 0 Å². The number of hydrogen-bond acceptors (Lipinski definition) is 6. The standard InChI is InChI=1S/C26H26N2O3S3/c1-19-10-12-21(13-11-19)32-16-6-9-25(29)28(18-20-7-4-3-5-8-20)26-27-23-15-14-22(34(2,30)31)17-24(23)33-26/h3-5,7-8,10-15,17H,6,9,16,18H2,1-2H3. The maximum Gasteiger partial charge on any atom is 0.229 e. The molecule has 3 aromatic carbocycles. The molecule has 0 saturated carbocycles. The van der Waals surface area contributed by atoms with E-state index < -0.39 is 9.84 Å². The smallest absolute Gasteiger partial charge is 0.229 e. The Morgan fingerprint density at radius 1 is 1.03 bits per heavy atom. The molecule has 0 aliphatic rings. The highest BCUT2D eigenvalue weighted by Crippen LogP contribution is 2.32. The van der Waals surface area contributed by atoms with E-state index >= 15 is 0 Å². The molecular formula is C26H26N2O3S3. The molecule has 0 bridgehead atoms. The molecule has 0 saturated heterocycles. The first-order valence-electron chi connectivity index (χ1n) is 10.9. The lowest BCUT2D eigenvalue weighted by molar-refractivity contribution is -0.118. The van der Waals surface area contributed by atoms with E-state index in [2.05, 4.69) is 36.2 Å². The van der Waals surface area contributed by atoms with Crippen LogP contribution in [0.25, 0.3) is 10.2 Å². The maximum absolute atomic E-state index is 13.3. The number of nitrogens with zero attached hydrogens (tertiary/aromatic N) is 2. The molecule has 0 aliphatic heterocycles. The van der Waals surface area contributed by atoms with Crippen molar-refractivity contribution in [2.75, 3.05) is 16.9 Å². The number of sulfone groups is 1. The van der Waals surface area contributed by atoms with Crippen LogP contribution in [0.15, 0.2) is 82.6 Å². The lowest BCUT2D eigenvalue weighted by Crippen LogP contribution is -2.30. The number of rotatable bonds is 9. The third-order valence-corrected chi connectivity index (χ3v) is 8.57. The quantitative estimate of drug-likeness (QED) is 0.201. The highest BCUT2D eigenvalue weighted by molar-refractivity contribution is 7.99. The molecular weight excluding hydrogens is 484 g/mol. The van der Waals surface area contributed by atoms with E-state index in [9.17, 15) is 13.2 Å². The molecule has 4 rings (SSSR count). The minimum Gasteiger partial charge on any atom is -0.284 e. The molecule has 0 aliphatic carbocycles. The minimum absolute atomic E-state index is 0.00996. The summed E-state index contributed by atoms with van der Waals surface area (Å²) in [4.78, 5) is 21.1. The fourth-order valence-electron chi connectivity index (χ4n) is 3.45. The number of aryl methyl sites for hydroxylation is 1. The van der Waals surface area contributed by atoms with Crippen molar-refractivity contribution in [2.45, 2.75) is 36.1 Å². The number of thioether (sulfide) groups is 1. The Hall–Kier alpha value is -2.68. The van der Waals surface area contributed by atoms with E-state index in [1.165, 1.54) is 28.1 Å². The van der Waals surface area contributed by atoms with E-state index in [0.717, 1.165) is 22.4 Å². The Labute approximate surface area is 208 Å². The lowest BCUT2D eigenvalue weighted by Gasteiger charge is -2.20. The van der Waals surface area contributed by atoms with Crippen LogP contribution in [-0.4, -0.2) is 31.3 Å². The summed E-state index contributed by atoms with van der Waals surface area (Å²) in [6, 6.07) is 23.1. The summed E-state index contributed by atoms with van der Waals surface area (Å²) in [6.45, 7) is 2.49. The van der Waals surface area contributed by atoms with Gasteiger partial charge >= 0.3 is 0 Å². The molecule has 8 heteroatoms. The van der Waals surface area contributed by atoms with Gasteiger partial charge in [0.2, 0.25) is 5.91 Å². The number of anilines is 1. The zero-order valence-corrected chi connectivity index (χ0v) is 21.6. The van der Waals surface area contributed by atoms with Crippen LogP contribution in [-0.2, 0) is 21.2 Å². The molecule has 34 heavy (non-hydrogen) atoms. The van der Waals surface area contributed by atoms with Gasteiger partial charge in [0.25, 0.3) is 0 Å². The zero-order chi connectivity index (χ0) is 24.1. The van der Waals surface area contributed by atoms with Crippen LogP contribution < -0.4 is 4.90 Å². The molecule has 0 atom stereocenters. The van der Waals surface area contributed by atoms with E-state index in [-0.39, 0.29) is 10.8 Å². The van der Waals surface area contributed by atoms with Gasteiger partial charge in [0.05, 0.1) is 21.7 Å². The van der Waals surface area contributed by atoms with Crippen LogP contribution in [0.2, 0.25) is 0 Å². The monoisotopic (exact) mass is 510 g/mol. The molecule has 0 fully saturated rings. The Kier molecular flexibility index (Phi) is 7.70. The SMILES string of the molecule is Cc1ccc(SCCCC(=O)N(Cc2ccccc2)c2nc3ccc(S(C)(=O)=O)cc3s2)cc1. The summed E-state index contributed by atoms with van der Waals surface area (Å²) in [6.07, 6.45) is 2.36. The fraction of sp³-hybridized carbons (Fsp3) is 0.231. The second kappa shape index (κ2) is 10.7. The fourth-order valence-corrected chi connectivity index (χ4v) is 6.05. The van der Waals surface area contributed by atoms with E-state index in [4.69, 9.17) is 0 Å². The van der Waals surface area contributed by atoms with E-state index in [0.29, 0.717) is 23.6 Å². The minimum atomic E-state index is -3.31. The molecule has 0 radical (unpaired) electrons. The Bertz CT molecular complexity index is 1380. The highest BCUT2D eigenvalue weighted by Gasteiger charge is 2.21. The number of hydrogen-bond donors (Lipinski definition) is 0. The number of aromatic nitrogens is 1. The van der Waals surface area contributed by atoms with Crippen molar-refractivity contribution in [1.82, 2.24) is 4.98 Å². The number of thiazole rings is 1. The number of carbonyl (C=O) groups is 1. The molecule has 4 aromatic rings. The van der Waals surface area contributed by atoms with Crippen LogP contribution in [0.1, 0.15) is 24.0 Å². The number of benzene rings is 3. The predicted octanol–water partition coefficient (Wildman–Crippen LogP) is 6.11. The van der Waals surface area contributed by atoms with Gasteiger partial charge in [0, 0.05) is 17.6 Å². The second-order valence-corrected chi connectivity index (χ2v) is 12.3. The third kappa shape index (κ3) is 6.25. The first-order chi connectivity index (χ1) is 16.3. The molecule has 0 spiro atoms. The van der Waals surface area contributed by atoms with Crippen molar-refractivity contribution < 1.29 is 13.2 Å². The largest absolute Gasteiger partial charge is 0.284 e. The Morgan fingerprint density at radius 3 is 2.47 bits per heavy atom. The Morgan fingerprint density at radius 2 is 1.76 bits per heavy atom. The van der Waals surface area contributed by atoms with Crippen LogP contribution in [0.4, 0.5) is 5.13 Å². The van der Waals surface area contributed by atoms with Crippen molar-refractivity contribution in [3.05, 3.63) is 83.9 Å². The molecule has 5 nitrogen and oxygen atoms in total. The summed E-state index contributed by atoms with van der Waals surface area (Å²) < 4.78 is 24.6. The molecule has 0 N–H and O–H groups in total. The summed E-state index contributed by atoms with van der Waals surface area (Å²) in [5.74, 6) is 0.863. The molecule has 1 amide bonds.